The molecule has 4 nitrogen and oxygen atoms in total. The van der Waals surface area contributed by atoms with Crippen LogP contribution < -0.4 is 5.73 Å². The number of hydrogen-bond acceptors (Lipinski definition) is 4. The number of nitrogens with two attached hydrogens (primary N) is 1. The lowest BCUT2D eigenvalue weighted by atomic mass is 9.80. The molecule has 1 rings (SSSR count). The summed E-state index contributed by atoms with van der Waals surface area (Å²) in [5, 5.41) is 9.49. The SMILES string of the molecule is CCOC(=O)C(O)[C@@H](N)CC1CCC1.Cl. The molecule has 2 atom stereocenters. The zero-order valence-corrected chi connectivity index (χ0v) is 9.83. The average Bonchev–Trinajstić information content (AvgIpc) is 2.10. The molecule has 0 radical (unpaired) electrons. The molecule has 1 aliphatic rings. The molecule has 90 valence electrons. The Morgan fingerprint density at radius 3 is 2.60 bits per heavy atom. The molecule has 0 bridgehead atoms. The van der Waals surface area contributed by atoms with Crippen LogP contribution in [0, 0.1) is 5.92 Å². The van der Waals surface area contributed by atoms with Crippen molar-refractivity contribution in [3.05, 3.63) is 0 Å². The van der Waals surface area contributed by atoms with E-state index in [9.17, 15) is 9.90 Å². The number of aliphatic hydroxyl groups excluding tert-OH is 1. The molecule has 3 N–H and O–H groups in total. The van der Waals surface area contributed by atoms with Gasteiger partial charge in [0, 0.05) is 6.04 Å². The number of halogens is 1. The van der Waals surface area contributed by atoms with E-state index >= 15 is 0 Å². The van der Waals surface area contributed by atoms with Crippen molar-refractivity contribution in [1.82, 2.24) is 0 Å². The molecule has 15 heavy (non-hydrogen) atoms. The van der Waals surface area contributed by atoms with E-state index in [0.29, 0.717) is 5.92 Å². The number of hydrogen-bond donors (Lipinski definition) is 2. The van der Waals surface area contributed by atoms with Gasteiger partial charge in [0.15, 0.2) is 6.10 Å². The summed E-state index contributed by atoms with van der Waals surface area (Å²) in [4.78, 5) is 11.1. The fourth-order valence-electron chi connectivity index (χ4n) is 1.64. The quantitative estimate of drug-likeness (QED) is 0.696. The predicted molar refractivity (Wildman–Crippen MR) is 59.8 cm³/mol. The lowest BCUT2D eigenvalue weighted by Crippen LogP contribution is -2.43. The van der Waals surface area contributed by atoms with Crippen molar-refractivity contribution in [3.8, 4) is 0 Å². The van der Waals surface area contributed by atoms with Gasteiger partial charge in [0.05, 0.1) is 6.61 Å². The second-order valence-electron chi connectivity index (χ2n) is 3.89. The van der Waals surface area contributed by atoms with Crippen LogP contribution in [0.1, 0.15) is 32.6 Å². The molecule has 0 spiro atoms. The molecule has 0 saturated heterocycles. The standard InChI is InChI=1S/C10H19NO3.ClH/c1-2-14-10(13)9(12)8(11)6-7-4-3-5-7;/h7-9,12H,2-6,11H2,1H3;1H/t8-,9?;/m0./s1. The molecule has 1 unspecified atom stereocenters. The first-order valence-corrected chi connectivity index (χ1v) is 5.25. The molecule has 5 heteroatoms. The van der Waals surface area contributed by atoms with Crippen molar-refractivity contribution >= 4 is 18.4 Å². The smallest absolute Gasteiger partial charge is 0.336 e. The topological polar surface area (TPSA) is 72.5 Å². The number of rotatable bonds is 5. The van der Waals surface area contributed by atoms with Gasteiger partial charge in [-0.25, -0.2) is 4.79 Å². The van der Waals surface area contributed by atoms with E-state index in [4.69, 9.17) is 5.73 Å². The largest absolute Gasteiger partial charge is 0.464 e. The molecule has 0 aromatic rings. The van der Waals surface area contributed by atoms with Crippen molar-refractivity contribution in [2.75, 3.05) is 6.61 Å². The van der Waals surface area contributed by atoms with E-state index in [1.54, 1.807) is 6.92 Å². The van der Waals surface area contributed by atoms with Crippen molar-refractivity contribution in [2.24, 2.45) is 11.7 Å². The van der Waals surface area contributed by atoms with Gasteiger partial charge in [0.2, 0.25) is 0 Å². The first kappa shape index (κ1) is 14.7. The van der Waals surface area contributed by atoms with E-state index in [1.807, 2.05) is 0 Å². The minimum absolute atomic E-state index is 0. The number of esters is 1. The molecule has 1 aliphatic carbocycles. The molecular weight excluding hydrogens is 218 g/mol. The lowest BCUT2D eigenvalue weighted by Gasteiger charge is -2.29. The van der Waals surface area contributed by atoms with Crippen molar-refractivity contribution in [3.63, 3.8) is 0 Å². The van der Waals surface area contributed by atoms with Gasteiger partial charge in [-0.15, -0.1) is 12.4 Å². The van der Waals surface area contributed by atoms with Crippen LogP contribution in [0.5, 0.6) is 0 Å². The maximum atomic E-state index is 11.1. The Kier molecular flexibility index (Phi) is 6.89. The minimum atomic E-state index is -1.16. The van der Waals surface area contributed by atoms with E-state index in [-0.39, 0.29) is 19.0 Å². The molecule has 1 saturated carbocycles. The second kappa shape index (κ2) is 7.04. The van der Waals surface area contributed by atoms with Gasteiger partial charge in [-0.3, -0.25) is 0 Å². The zero-order valence-electron chi connectivity index (χ0n) is 9.02. The summed E-state index contributed by atoms with van der Waals surface area (Å²) in [5.74, 6) is -0.00611. The van der Waals surface area contributed by atoms with Gasteiger partial charge in [-0.2, -0.15) is 0 Å². The first-order chi connectivity index (χ1) is 6.65. The highest BCUT2D eigenvalue weighted by Gasteiger charge is 2.28. The highest BCUT2D eigenvalue weighted by Crippen LogP contribution is 2.30. The highest BCUT2D eigenvalue weighted by atomic mass is 35.5. The maximum Gasteiger partial charge on any atom is 0.336 e. The number of carbonyl (C=O) groups excluding carboxylic acids is 1. The Morgan fingerprint density at radius 2 is 2.20 bits per heavy atom. The van der Waals surface area contributed by atoms with Crippen molar-refractivity contribution in [1.29, 1.82) is 0 Å². The summed E-state index contributed by atoms with van der Waals surface area (Å²) in [6, 6.07) is -0.473. The van der Waals surface area contributed by atoms with Crippen LogP contribution in [0.2, 0.25) is 0 Å². The summed E-state index contributed by atoms with van der Waals surface area (Å²) < 4.78 is 4.69. The fraction of sp³-hybridized carbons (Fsp3) is 0.900. The van der Waals surface area contributed by atoms with Crippen molar-refractivity contribution < 1.29 is 14.6 Å². The monoisotopic (exact) mass is 237 g/mol. The minimum Gasteiger partial charge on any atom is -0.464 e. The summed E-state index contributed by atoms with van der Waals surface area (Å²) in [6.07, 6.45) is 3.15. The van der Waals surface area contributed by atoms with Crippen LogP contribution in [-0.2, 0) is 9.53 Å². The van der Waals surface area contributed by atoms with Gasteiger partial charge in [-0.05, 0) is 19.3 Å². The normalized spacial score (nSPS) is 19.7. The van der Waals surface area contributed by atoms with Gasteiger partial charge in [-0.1, -0.05) is 19.3 Å². The van der Waals surface area contributed by atoms with Crippen LogP contribution in [0.3, 0.4) is 0 Å². The zero-order chi connectivity index (χ0) is 10.6. The van der Waals surface area contributed by atoms with Gasteiger partial charge in [0.1, 0.15) is 0 Å². The van der Waals surface area contributed by atoms with Gasteiger partial charge in [0.25, 0.3) is 0 Å². The number of ether oxygens (including phenoxy) is 1. The van der Waals surface area contributed by atoms with Crippen LogP contribution in [0.4, 0.5) is 0 Å². The highest BCUT2D eigenvalue weighted by molar-refractivity contribution is 5.85. The van der Waals surface area contributed by atoms with Crippen molar-refractivity contribution in [2.45, 2.75) is 44.8 Å². The Bertz CT molecular complexity index is 197. The Labute approximate surface area is 96.6 Å². The summed E-state index contributed by atoms with van der Waals surface area (Å²) in [6.45, 7) is 1.99. The molecule has 0 aromatic carbocycles. The second-order valence-corrected chi connectivity index (χ2v) is 3.89. The fourth-order valence-corrected chi connectivity index (χ4v) is 1.64. The Balaban J connectivity index is 0.00000196. The van der Waals surface area contributed by atoms with Crippen LogP contribution in [0.15, 0.2) is 0 Å². The van der Waals surface area contributed by atoms with E-state index < -0.39 is 18.1 Å². The van der Waals surface area contributed by atoms with Gasteiger partial charge < -0.3 is 15.6 Å². The Morgan fingerprint density at radius 1 is 1.60 bits per heavy atom. The van der Waals surface area contributed by atoms with Crippen LogP contribution >= 0.6 is 12.4 Å². The Hall–Kier alpha value is -0.320. The molecule has 0 amide bonds. The number of aliphatic hydroxyl groups is 1. The molecule has 1 fully saturated rings. The lowest BCUT2D eigenvalue weighted by molar-refractivity contribution is -0.154. The van der Waals surface area contributed by atoms with E-state index in [0.717, 1.165) is 6.42 Å². The summed E-state index contributed by atoms with van der Waals surface area (Å²) in [5.41, 5.74) is 5.71. The first-order valence-electron chi connectivity index (χ1n) is 5.25. The third-order valence-corrected chi connectivity index (χ3v) is 2.76. The predicted octanol–water partition coefficient (Wildman–Crippen LogP) is 0.850. The van der Waals surface area contributed by atoms with Crippen LogP contribution in [0.25, 0.3) is 0 Å². The average molecular weight is 238 g/mol. The van der Waals surface area contributed by atoms with E-state index in [2.05, 4.69) is 4.74 Å². The van der Waals surface area contributed by atoms with E-state index in [1.165, 1.54) is 19.3 Å². The summed E-state index contributed by atoms with van der Waals surface area (Å²) in [7, 11) is 0. The molecular formula is C10H20ClNO3. The third kappa shape index (κ3) is 4.36. The molecule has 0 heterocycles. The number of carbonyl (C=O) groups is 1. The van der Waals surface area contributed by atoms with Gasteiger partial charge >= 0.3 is 5.97 Å². The maximum absolute atomic E-state index is 11.1. The van der Waals surface area contributed by atoms with Crippen LogP contribution in [-0.4, -0.2) is 29.8 Å². The third-order valence-electron chi connectivity index (χ3n) is 2.76. The summed E-state index contributed by atoms with van der Waals surface area (Å²) >= 11 is 0. The molecule has 0 aliphatic heterocycles. The molecule has 0 aromatic heterocycles.